The molecule has 0 bridgehead atoms. The van der Waals surface area contributed by atoms with Crippen LogP contribution < -0.4 is 9.62 Å². The first kappa shape index (κ1) is 33.1. The smallest absolute Gasteiger partial charge is 0.304 e. The van der Waals surface area contributed by atoms with Crippen molar-refractivity contribution in [2.75, 3.05) is 24.9 Å². The topological polar surface area (TPSA) is 90.0 Å². The molecule has 4 rings (SSSR count). The van der Waals surface area contributed by atoms with E-state index in [1.165, 1.54) is 25.1 Å². The van der Waals surface area contributed by atoms with Gasteiger partial charge in [0.2, 0.25) is 11.8 Å². The van der Waals surface area contributed by atoms with Crippen molar-refractivity contribution < 1.29 is 22.4 Å². The fourth-order valence-corrected chi connectivity index (χ4v) is 6.71. The Morgan fingerprint density at radius 2 is 1.59 bits per heavy atom. The van der Waals surface area contributed by atoms with E-state index in [0.29, 0.717) is 11.3 Å². The molecule has 0 spiro atoms. The Hall–Kier alpha value is -3.76. The van der Waals surface area contributed by atoms with Crippen LogP contribution in [-0.4, -0.2) is 62.2 Å². The SMILES string of the molecule is Cc1ccc(C)c(N(CC(=O)N(Cc2ccccc2F)C(Cc2ccccc2)C(=O)NC2CCCCC2)S(=O)(=O)N(C)C)c1. The average molecular weight is 623 g/mol. The van der Waals surface area contributed by atoms with Gasteiger partial charge < -0.3 is 10.2 Å². The lowest BCUT2D eigenvalue weighted by Crippen LogP contribution is -2.55. The summed E-state index contributed by atoms with van der Waals surface area (Å²) < 4.78 is 44.5. The average Bonchev–Trinajstić information content (AvgIpc) is 3.00. The summed E-state index contributed by atoms with van der Waals surface area (Å²) in [4.78, 5) is 29.8. The third kappa shape index (κ3) is 8.24. The quantitative estimate of drug-likeness (QED) is 0.303. The molecule has 3 aromatic rings. The van der Waals surface area contributed by atoms with Crippen molar-refractivity contribution >= 4 is 27.7 Å². The van der Waals surface area contributed by atoms with Crippen LogP contribution in [0.15, 0.2) is 72.8 Å². The second-order valence-electron chi connectivity index (χ2n) is 11.7. The molecule has 0 heterocycles. The number of aryl methyl sites for hydroxylation is 2. The van der Waals surface area contributed by atoms with Gasteiger partial charge in [-0.2, -0.15) is 12.7 Å². The van der Waals surface area contributed by atoms with Crippen molar-refractivity contribution in [3.8, 4) is 0 Å². The maximum Gasteiger partial charge on any atom is 0.304 e. The second-order valence-corrected chi connectivity index (χ2v) is 13.8. The Bertz CT molecular complexity index is 1540. The van der Waals surface area contributed by atoms with Gasteiger partial charge in [0, 0.05) is 38.7 Å². The Labute approximate surface area is 261 Å². The van der Waals surface area contributed by atoms with E-state index in [9.17, 15) is 18.0 Å². The number of amides is 2. The molecule has 3 aromatic carbocycles. The highest BCUT2D eigenvalue weighted by Gasteiger charge is 2.36. The van der Waals surface area contributed by atoms with Crippen molar-refractivity contribution in [3.63, 3.8) is 0 Å². The minimum absolute atomic E-state index is 0.0134. The third-order valence-corrected chi connectivity index (χ3v) is 9.98. The van der Waals surface area contributed by atoms with E-state index in [1.807, 2.05) is 43.3 Å². The zero-order valence-electron chi connectivity index (χ0n) is 26.0. The van der Waals surface area contributed by atoms with E-state index < -0.39 is 34.5 Å². The zero-order valence-corrected chi connectivity index (χ0v) is 26.8. The molecule has 1 fully saturated rings. The number of halogens is 1. The molecule has 10 heteroatoms. The largest absolute Gasteiger partial charge is 0.352 e. The number of carbonyl (C=O) groups excluding carboxylic acids is 2. The maximum atomic E-state index is 15.0. The monoisotopic (exact) mass is 622 g/mol. The Kier molecular flexibility index (Phi) is 11.2. The number of anilines is 1. The van der Waals surface area contributed by atoms with Gasteiger partial charge in [0.15, 0.2) is 0 Å². The van der Waals surface area contributed by atoms with Crippen LogP contribution in [0.1, 0.15) is 54.4 Å². The number of benzene rings is 3. The van der Waals surface area contributed by atoms with Gasteiger partial charge in [-0.05, 0) is 55.5 Å². The molecule has 0 saturated heterocycles. The van der Waals surface area contributed by atoms with E-state index in [-0.39, 0.29) is 30.5 Å². The van der Waals surface area contributed by atoms with Crippen molar-refractivity contribution in [1.29, 1.82) is 0 Å². The fraction of sp³-hybridized carbons (Fsp3) is 0.412. The molecular formula is C34H43FN4O4S. The normalized spacial score (nSPS) is 14.7. The number of hydrogen-bond donors (Lipinski definition) is 1. The van der Waals surface area contributed by atoms with E-state index in [0.717, 1.165) is 51.8 Å². The lowest BCUT2D eigenvalue weighted by Gasteiger charge is -2.36. The summed E-state index contributed by atoms with van der Waals surface area (Å²) >= 11 is 0. The number of nitrogens with one attached hydrogen (secondary N) is 1. The molecular weight excluding hydrogens is 579 g/mol. The summed E-state index contributed by atoms with van der Waals surface area (Å²) in [5, 5.41) is 3.16. The Morgan fingerprint density at radius 3 is 2.25 bits per heavy atom. The Balaban J connectivity index is 1.78. The summed E-state index contributed by atoms with van der Waals surface area (Å²) in [6, 6.07) is 19.9. The van der Waals surface area contributed by atoms with Gasteiger partial charge in [0.1, 0.15) is 18.4 Å². The van der Waals surface area contributed by atoms with E-state index >= 15 is 4.39 Å². The van der Waals surface area contributed by atoms with E-state index in [2.05, 4.69) is 5.32 Å². The standard InChI is InChI=1S/C34H43FN4O4S/c1-25-19-20-26(2)31(21-25)39(44(42,43)37(3)4)24-33(40)38(23-28-15-11-12-18-30(28)35)32(22-27-13-7-5-8-14-27)34(41)36-29-16-9-6-10-17-29/h5,7-8,11-15,18-21,29,32H,6,9-10,16-17,22-24H2,1-4H3,(H,36,41). The summed E-state index contributed by atoms with van der Waals surface area (Å²) in [6.45, 7) is 2.86. The predicted octanol–water partition coefficient (Wildman–Crippen LogP) is 5.14. The second kappa shape index (κ2) is 14.8. The molecule has 8 nitrogen and oxygen atoms in total. The van der Waals surface area contributed by atoms with Crippen molar-refractivity contribution in [2.24, 2.45) is 0 Å². The fourth-order valence-electron chi connectivity index (χ4n) is 5.60. The van der Waals surface area contributed by atoms with Gasteiger partial charge in [0.25, 0.3) is 0 Å². The molecule has 236 valence electrons. The van der Waals surface area contributed by atoms with Gasteiger partial charge in [-0.15, -0.1) is 0 Å². The highest BCUT2D eigenvalue weighted by atomic mass is 32.2. The van der Waals surface area contributed by atoms with Crippen molar-refractivity contribution in [3.05, 3.63) is 101 Å². The first-order valence-electron chi connectivity index (χ1n) is 15.1. The lowest BCUT2D eigenvalue weighted by molar-refractivity contribution is -0.140. The van der Waals surface area contributed by atoms with Gasteiger partial charge in [-0.1, -0.05) is 79.9 Å². The van der Waals surface area contributed by atoms with E-state index in [4.69, 9.17) is 0 Å². The highest BCUT2D eigenvalue weighted by Crippen LogP contribution is 2.27. The third-order valence-electron chi connectivity index (χ3n) is 8.17. The molecule has 44 heavy (non-hydrogen) atoms. The van der Waals surface area contributed by atoms with Crippen LogP contribution in [0, 0.1) is 19.7 Å². The lowest BCUT2D eigenvalue weighted by atomic mass is 9.94. The molecule has 0 aromatic heterocycles. The van der Waals surface area contributed by atoms with Crippen LogP contribution in [0.3, 0.4) is 0 Å². The van der Waals surface area contributed by atoms with Gasteiger partial charge >= 0.3 is 10.2 Å². The summed E-state index contributed by atoms with van der Waals surface area (Å²) in [5.41, 5.74) is 2.93. The molecule has 1 aliphatic rings. The van der Waals surface area contributed by atoms with Crippen LogP contribution in [0.25, 0.3) is 0 Å². The molecule has 1 unspecified atom stereocenters. The first-order chi connectivity index (χ1) is 21.0. The summed E-state index contributed by atoms with van der Waals surface area (Å²) in [7, 11) is -1.31. The molecule has 0 aliphatic heterocycles. The van der Waals surface area contributed by atoms with Gasteiger partial charge in [-0.3, -0.25) is 9.59 Å². The molecule has 1 aliphatic carbocycles. The van der Waals surface area contributed by atoms with Crippen LogP contribution in [0.2, 0.25) is 0 Å². The van der Waals surface area contributed by atoms with Crippen molar-refractivity contribution in [1.82, 2.24) is 14.5 Å². The summed E-state index contributed by atoms with van der Waals surface area (Å²) in [6.07, 6.45) is 5.04. The molecule has 1 N–H and O–H groups in total. The van der Waals surface area contributed by atoms with Crippen LogP contribution in [0.5, 0.6) is 0 Å². The van der Waals surface area contributed by atoms with Crippen LogP contribution >= 0.6 is 0 Å². The van der Waals surface area contributed by atoms with E-state index in [1.54, 1.807) is 37.3 Å². The number of rotatable bonds is 12. The Morgan fingerprint density at radius 1 is 0.932 bits per heavy atom. The van der Waals surface area contributed by atoms with Crippen LogP contribution in [0.4, 0.5) is 10.1 Å². The maximum absolute atomic E-state index is 15.0. The predicted molar refractivity (Wildman–Crippen MR) is 172 cm³/mol. The van der Waals surface area contributed by atoms with Gasteiger partial charge in [0.05, 0.1) is 5.69 Å². The van der Waals surface area contributed by atoms with Crippen molar-refractivity contribution in [2.45, 2.75) is 71.0 Å². The minimum atomic E-state index is -4.12. The molecule has 0 radical (unpaired) electrons. The number of hydrogen-bond acceptors (Lipinski definition) is 4. The zero-order chi connectivity index (χ0) is 31.9. The molecule has 1 atom stereocenters. The number of nitrogens with zero attached hydrogens (tertiary/aromatic N) is 3. The summed E-state index contributed by atoms with van der Waals surface area (Å²) in [5.74, 6) is -1.46. The molecule has 2 amide bonds. The van der Waals surface area contributed by atoms with Crippen LogP contribution in [-0.2, 0) is 32.8 Å². The molecule has 1 saturated carbocycles. The first-order valence-corrected chi connectivity index (χ1v) is 16.5. The van der Waals surface area contributed by atoms with Gasteiger partial charge in [-0.25, -0.2) is 8.70 Å². The minimum Gasteiger partial charge on any atom is -0.352 e. The highest BCUT2D eigenvalue weighted by molar-refractivity contribution is 7.90. The number of carbonyl (C=O) groups is 2.